The summed E-state index contributed by atoms with van der Waals surface area (Å²) in [5.74, 6) is -0.329. The third-order valence-corrected chi connectivity index (χ3v) is 0.249. The van der Waals surface area contributed by atoms with Crippen LogP contribution in [0.2, 0.25) is 0 Å². The lowest BCUT2D eigenvalue weighted by molar-refractivity contribution is -0.135. The molecular formula is C4H7O4P. The van der Waals surface area contributed by atoms with Crippen molar-refractivity contribution in [2.45, 2.75) is 6.92 Å². The Bertz CT molecular complexity index is 101. The molecule has 0 rings (SSSR count). The van der Waals surface area contributed by atoms with Crippen LogP contribution < -0.4 is 0 Å². The summed E-state index contributed by atoms with van der Waals surface area (Å²) in [4.78, 5) is 16.7. The molecule has 0 saturated heterocycles. The van der Waals surface area contributed by atoms with Gasteiger partial charge in [0.2, 0.25) is 0 Å². The van der Waals surface area contributed by atoms with Crippen LogP contribution in [0, 0.1) is 0 Å². The minimum Gasteiger partial charge on any atom is -0.435 e. The second-order valence-corrected chi connectivity index (χ2v) is 1.02. The van der Waals surface area contributed by atoms with Crippen LogP contribution in [-0.4, -0.2) is 10.9 Å². The van der Waals surface area contributed by atoms with Gasteiger partial charge in [0.1, 0.15) is 0 Å². The number of ether oxygens (including phenoxy) is 1. The van der Waals surface area contributed by atoms with Crippen molar-refractivity contribution < 1.29 is 19.0 Å². The summed E-state index contributed by atoms with van der Waals surface area (Å²) in [6.07, 6.45) is 1.10. The van der Waals surface area contributed by atoms with Crippen LogP contribution in [0.15, 0.2) is 12.8 Å². The van der Waals surface area contributed by atoms with E-state index in [4.69, 9.17) is 9.46 Å². The van der Waals surface area contributed by atoms with Crippen molar-refractivity contribution in [3.05, 3.63) is 12.8 Å². The van der Waals surface area contributed by atoms with Crippen molar-refractivity contribution >= 4 is 14.7 Å². The average molecular weight is 150 g/mol. The number of carbonyl (C=O) groups excluding carboxylic acids is 1. The number of hydrogen-bond donors (Lipinski definition) is 1. The maximum Gasteiger partial charge on any atom is 0.324 e. The van der Waals surface area contributed by atoms with Crippen LogP contribution in [0.3, 0.4) is 0 Å². The molecule has 0 aliphatic heterocycles. The van der Waals surface area contributed by atoms with Gasteiger partial charge in [0.05, 0.1) is 6.26 Å². The fraction of sp³-hybridized carbons (Fsp3) is 0.250. The molecule has 0 aliphatic carbocycles. The van der Waals surface area contributed by atoms with Gasteiger partial charge in [-0.25, -0.2) is 4.57 Å². The zero-order valence-electron chi connectivity index (χ0n) is 4.90. The lowest BCUT2D eigenvalue weighted by Gasteiger charge is -1.83. The Morgan fingerprint density at radius 2 is 2.22 bits per heavy atom. The third-order valence-electron chi connectivity index (χ3n) is 0.249. The zero-order chi connectivity index (χ0) is 7.70. The van der Waals surface area contributed by atoms with Gasteiger partial charge in [-0.3, -0.25) is 4.79 Å². The van der Waals surface area contributed by atoms with Crippen molar-refractivity contribution in [1.29, 1.82) is 0 Å². The van der Waals surface area contributed by atoms with Gasteiger partial charge in [-0.15, -0.1) is 0 Å². The van der Waals surface area contributed by atoms with E-state index in [-0.39, 0.29) is 5.97 Å². The highest BCUT2D eigenvalue weighted by molar-refractivity contribution is 7.16. The molecule has 0 bridgehead atoms. The molecule has 0 radical (unpaired) electrons. The Morgan fingerprint density at radius 1 is 1.89 bits per heavy atom. The second-order valence-electron chi connectivity index (χ2n) is 0.858. The fourth-order valence-corrected chi connectivity index (χ4v) is 0.117. The molecular weight excluding hydrogens is 143 g/mol. The first kappa shape index (κ1) is 11.1. The number of esters is 1. The molecule has 0 saturated carbocycles. The van der Waals surface area contributed by atoms with Crippen LogP contribution in [-0.2, 0) is 14.1 Å². The largest absolute Gasteiger partial charge is 0.435 e. The number of rotatable bonds is 1. The van der Waals surface area contributed by atoms with E-state index in [1.165, 1.54) is 6.92 Å². The normalized spacial score (nSPS) is 6.89. The van der Waals surface area contributed by atoms with Crippen LogP contribution in [0.1, 0.15) is 6.92 Å². The van der Waals surface area contributed by atoms with Gasteiger partial charge in [-0.2, -0.15) is 0 Å². The predicted octanol–water partition coefficient (Wildman–Crippen LogP) is 0.878. The van der Waals surface area contributed by atoms with Crippen molar-refractivity contribution in [2.24, 2.45) is 0 Å². The smallest absolute Gasteiger partial charge is 0.324 e. The molecule has 0 amide bonds. The molecule has 0 atom stereocenters. The van der Waals surface area contributed by atoms with Gasteiger partial charge in [0.15, 0.2) is 0 Å². The van der Waals surface area contributed by atoms with Crippen molar-refractivity contribution in [1.82, 2.24) is 0 Å². The molecule has 0 aliphatic rings. The molecule has 0 spiro atoms. The molecule has 0 fully saturated rings. The van der Waals surface area contributed by atoms with Crippen LogP contribution in [0.4, 0.5) is 0 Å². The van der Waals surface area contributed by atoms with Crippen molar-refractivity contribution in [2.75, 3.05) is 0 Å². The molecule has 0 aromatic rings. The zero-order valence-corrected chi connectivity index (χ0v) is 5.80. The van der Waals surface area contributed by atoms with Crippen molar-refractivity contribution in [3.8, 4) is 0 Å². The standard InChI is InChI=1S/C4H6O2.HO2P/c1-3-6-4(2)5;1-3-2/h3H,1H2,2H3;(H,1,2). The highest BCUT2D eigenvalue weighted by atomic mass is 31.1. The quantitative estimate of drug-likeness (QED) is 0.342. The van der Waals surface area contributed by atoms with E-state index >= 15 is 0 Å². The Kier molecular flexibility index (Phi) is 12.7. The van der Waals surface area contributed by atoms with Crippen LogP contribution in [0.5, 0.6) is 0 Å². The topological polar surface area (TPSA) is 63.6 Å². The van der Waals surface area contributed by atoms with E-state index in [2.05, 4.69) is 11.3 Å². The molecule has 4 nitrogen and oxygen atoms in total. The maximum atomic E-state index is 9.75. The molecule has 0 heterocycles. The first-order valence-corrected chi connectivity index (χ1v) is 2.70. The van der Waals surface area contributed by atoms with E-state index in [1.807, 2.05) is 0 Å². The lowest BCUT2D eigenvalue weighted by Crippen LogP contribution is -1.87. The Balaban J connectivity index is 0. The molecule has 5 heteroatoms. The monoisotopic (exact) mass is 150 g/mol. The minimum atomic E-state index is -0.833. The molecule has 52 valence electrons. The van der Waals surface area contributed by atoms with Gasteiger partial charge >= 0.3 is 14.7 Å². The van der Waals surface area contributed by atoms with Crippen molar-refractivity contribution in [3.63, 3.8) is 0 Å². The molecule has 9 heavy (non-hydrogen) atoms. The Labute approximate surface area is 54.4 Å². The van der Waals surface area contributed by atoms with E-state index in [0.29, 0.717) is 0 Å². The SMILES string of the molecule is C=COC(C)=O.O=PO. The summed E-state index contributed by atoms with van der Waals surface area (Å²) in [7, 11) is -0.833. The first-order valence-electron chi connectivity index (χ1n) is 1.93. The summed E-state index contributed by atoms with van der Waals surface area (Å²) in [6.45, 7) is 4.48. The maximum absolute atomic E-state index is 9.75. The Hall–Kier alpha value is -0.730. The molecule has 0 aromatic heterocycles. The second kappa shape index (κ2) is 10.3. The summed E-state index contributed by atoms with van der Waals surface area (Å²) in [5, 5.41) is 0. The van der Waals surface area contributed by atoms with Gasteiger partial charge < -0.3 is 9.63 Å². The van der Waals surface area contributed by atoms with E-state index < -0.39 is 8.69 Å². The minimum absolute atomic E-state index is 0.329. The predicted molar refractivity (Wildman–Crippen MR) is 31.8 cm³/mol. The summed E-state index contributed by atoms with van der Waals surface area (Å²) >= 11 is 0. The van der Waals surface area contributed by atoms with E-state index in [1.54, 1.807) is 0 Å². The summed E-state index contributed by atoms with van der Waals surface area (Å²) in [5.41, 5.74) is 0. The Morgan fingerprint density at radius 3 is 2.22 bits per heavy atom. The number of carbonyl (C=O) groups is 1. The van der Waals surface area contributed by atoms with Gasteiger partial charge in [-0.05, 0) is 0 Å². The van der Waals surface area contributed by atoms with Gasteiger partial charge in [-0.1, -0.05) is 6.58 Å². The molecule has 0 aromatic carbocycles. The van der Waals surface area contributed by atoms with Crippen LogP contribution in [0.25, 0.3) is 0 Å². The molecule has 1 N–H and O–H groups in total. The highest BCUT2D eigenvalue weighted by Crippen LogP contribution is 1.70. The summed E-state index contributed by atoms with van der Waals surface area (Å²) in [6, 6.07) is 0. The first-order chi connectivity index (χ1) is 4.18. The highest BCUT2D eigenvalue weighted by Gasteiger charge is 1.79. The third kappa shape index (κ3) is 39.2. The van der Waals surface area contributed by atoms with E-state index in [0.717, 1.165) is 6.26 Å². The lowest BCUT2D eigenvalue weighted by atomic mass is 10.8. The van der Waals surface area contributed by atoms with Crippen LogP contribution >= 0.6 is 8.69 Å². The summed E-state index contributed by atoms with van der Waals surface area (Å²) < 4.78 is 12.6. The fourth-order valence-electron chi connectivity index (χ4n) is 0.117. The number of hydrogen-bond acceptors (Lipinski definition) is 3. The van der Waals surface area contributed by atoms with Gasteiger partial charge in [0, 0.05) is 6.92 Å². The molecule has 0 unspecified atom stereocenters. The van der Waals surface area contributed by atoms with Gasteiger partial charge in [0.25, 0.3) is 0 Å². The van der Waals surface area contributed by atoms with E-state index in [9.17, 15) is 4.79 Å². The average Bonchev–Trinajstić information content (AvgIpc) is 1.67.